The summed E-state index contributed by atoms with van der Waals surface area (Å²) in [6.07, 6.45) is 0. The lowest BCUT2D eigenvalue weighted by Crippen LogP contribution is -2.56. The normalized spacial score (nSPS) is 24.8. The van der Waals surface area contributed by atoms with Crippen LogP contribution >= 0.6 is 0 Å². The van der Waals surface area contributed by atoms with Gasteiger partial charge in [0.05, 0.1) is 0 Å². The van der Waals surface area contributed by atoms with Gasteiger partial charge in [-0.2, -0.15) is 0 Å². The minimum Gasteiger partial charge on any atom is -0.355 e. The molecule has 1 aliphatic rings. The number of fused-ring (bicyclic) bond motifs is 1. The van der Waals surface area contributed by atoms with Crippen molar-refractivity contribution in [2.45, 2.75) is 18.6 Å². The Kier molecular flexibility index (Phi) is 1.40. The van der Waals surface area contributed by atoms with E-state index in [9.17, 15) is 0 Å². The Morgan fingerprint density at radius 2 is 2.00 bits per heavy atom. The Hall–Kier alpha value is -1.06. The Morgan fingerprint density at radius 1 is 1.33 bits per heavy atom. The smallest absolute Gasteiger partial charge is 0.145 e. The highest BCUT2D eigenvalue weighted by molar-refractivity contribution is 5.60. The first kappa shape index (κ1) is 7.58. The molecule has 0 spiro atoms. The monoisotopic (exact) mass is 163 g/mol. The van der Waals surface area contributed by atoms with Gasteiger partial charge in [-0.3, -0.25) is 11.5 Å². The van der Waals surface area contributed by atoms with Crippen molar-refractivity contribution in [1.82, 2.24) is 0 Å². The van der Waals surface area contributed by atoms with E-state index >= 15 is 0 Å². The quantitative estimate of drug-likeness (QED) is 0.495. The fourth-order valence-electron chi connectivity index (χ4n) is 1.59. The van der Waals surface area contributed by atoms with Crippen molar-refractivity contribution < 1.29 is 0 Å². The minimum absolute atomic E-state index is 0.161. The van der Waals surface area contributed by atoms with Crippen LogP contribution in [0.3, 0.4) is 0 Å². The molecule has 1 atom stereocenters. The first-order valence-corrected chi connectivity index (χ1v) is 4.06. The second-order valence-corrected chi connectivity index (χ2v) is 3.37. The fourth-order valence-corrected chi connectivity index (χ4v) is 1.59. The summed E-state index contributed by atoms with van der Waals surface area (Å²) in [7, 11) is 0. The van der Waals surface area contributed by atoms with Crippen LogP contribution in [-0.2, 0) is 0 Å². The van der Waals surface area contributed by atoms with E-state index in [0.29, 0.717) is 0 Å². The lowest BCUT2D eigenvalue weighted by molar-refractivity contribution is 0.451. The highest BCUT2D eigenvalue weighted by Gasteiger charge is 2.36. The van der Waals surface area contributed by atoms with Gasteiger partial charge in [0.15, 0.2) is 0 Å². The van der Waals surface area contributed by atoms with Crippen molar-refractivity contribution in [3.63, 3.8) is 0 Å². The predicted octanol–water partition coefficient (Wildman–Crippen LogP) is 0.787. The summed E-state index contributed by atoms with van der Waals surface area (Å²) < 4.78 is 0. The Labute approximate surface area is 71.8 Å². The first-order chi connectivity index (χ1) is 5.61. The molecule has 3 nitrogen and oxygen atoms in total. The standard InChI is InChI=1S/C9H13N3/c1-6-7-4-2-3-5-8(7)12-9(6,10)11/h2-6,12H,10-11H2,1H3. The fraction of sp³-hybridized carbons (Fsp3) is 0.333. The van der Waals surface area contributed by atoms with Gasteiger partial charge in [0.2, 0.25) is 0 Å². The molecule has 0 fully saturated rings. The summed E-state index contributed by atoms with van der Waals surface area (Å²) in [5.41, 5.74) is 13.9. The number of para-hydroxylation sites is 1. The van der Waals surface area contributed by atoms with E-state index in [0.717, 1.165) is 5.69 Å². The SMILES string of the molecule is CC1c2ccccc2NC1(N)N. The van der Waals surface area contributed by atoms with Crippen LogP contribution in [-0.4, -0.2) is 5.79 Å². The molecule has 1 aromatic carbocycles. The molecule has 1 aliphatic heterocycles. The van der Waals surface area contributed by atoms with Crippen LogP contribution in [0.1, 0.15) is 18.4 Å². The average molecular weight is 163 g/mol. The number of rotatable bonds is 0. The summed E-state index contributed by atoms with van der Waals surface area (Å²) in [6.45, 7) is 2.03. The Bertz CT molecular complexity index is 306. The number of hydrogen-bond acceptors (Lipinski definition) is 3. The summed E-state index contributed by atoms with van der Waals surface area (Å²) in [4.78, 5) is 0. The van der Waals surface area contributed by atoms with Gasteiger partial charge in [0.25, 0.3) is 0 Å². The number of nitrogens with one attached hydrogen (secondary N) is 1. The van der Waals surface area contributed by atoms with Crippen molar-refractivity contribution in [3.8, 4) is 0 Å². The van der Waals surface area contributed by atoms with E-state index in [1.165, 1.54) is 5.56 Å². The van der Waals surface area contributed by atoms with E-state index in [-0.39, 0.29) is 5.92 Å². The van der Waals surface area contributed by atoms with Crippen molar-refractivity contribution in [1.29, 1.82) is 0 Å². The molecule has 2 rings (SSSR count). The van der Waals surface area contributed by atoms with Gasteiger partial charge in [-0.05, 0) is 11.6 Å². The second kappa shape index (κ2) is 2.21. The molecule has 64 valence electrons. The summed E-state index contributed by atoms with van der Waals surface area (Å²) in [6, 6.07) is 8.01. The maximum Gasteiger partial charge on any atom is 0.145 e. The Balaban J connectivity index is 2.49. The number of hydrogen-bond donors (Lipinski definition) is 3. The zero-order valence-electron chi connectivity index (χ0n) is 7.04. The van der Waals surface area contributed by atoms with E-state index in [2.05, 4.69) is 11.4 Å². The highest BCUT2D eigenvalue weighted by Crippen LogP contribution is 2.36. The molecular formula is C9H13N3. The maximum absolute atomic E-state index is 5.84. The average Bonchev–Trinajstić information content (AvgIpc) is 2.24. The maximum atomic E-state index is 5.84. The van der Waals surface area contributed by atoms with Gasteiger partial charge in [-0.25, -0.2) is 0 Å². The van der Waals surface area contributed by atoms with Gasteiger partial charge in [0.1, 0.15) is 5.79 Å². The topological polar surface area (TPSA) is 64.1 Å². The van der Waals surface area contributed by atoms with Crippen LogP contribution in [0.5, 0.6) is 0 Å². The first-order valence-electron chi connectivity index (χ1n) is 4.06. The van der Waals surface area contributed by atoms with E-state index in [1.54, 1.807) is 0 Å². The molecular weight excluding hydrogens is 150 g/mol. The molecule has 1 unspecified atom stereocenters. The Morgan fingerprint density at radius 3 is 2.67 bits per heavy atom. The van der Waals surface area contributed by atoms with Crippen molar-refractivity contribution >= 4 is 5.69 Å². The van der Waals surface area contributed by atoms with Crippen LogP contribution in [0.15, 0.2) is 24.3 Å². The lowest BCUT2D eigenvalue weighted by Gasteiger charge is -2.24. The van der Waals surface area contributed by atoms with Gasteiger partial charge >= 0.3 is 0 Å². The number of nitrogens with two attached hydrogens (primary N) is 2. The van der Waals surface area contributed by atoms with Gasteiger partial charge in [0, 0.05) is 11.6 Å². The second-order valence-electron chi connectivity index (χ2n) is 3.37. The zero-order valence-corrected chi connectivity index (χ0v) is 7.04. The molecule has 1 heterocycles. The van der Waals surface area contributed by atoms with Crippen molar-refractivity contribution in [2.75, 3.05) is 5.32 Å². The molecule has 0 aromatic heterocycles. The van der Waals surface area contributed by atoms with Crippen molar-refractivity contribution in [3.05, 3.63) is 29.8 Å². The van der Waals surface area contributed by atoms with E-state index < -0.39 is 5.79 Å². The third-order valence-electron chi connectivity index (χ3n) is 2.49. The molecule has 0 amide bonds. The van der Waals surface area contributed by atoms with Crippen LogP contribution in [0.2, 0.25) is 0 Å². The van der Waals surface area contributed by atoms with Crippen LogP contribution < -0.4 is 16.8 Å². The van der Waals surface area contributed by atoms with Gasteiger partial charge in [-0.1, -0.05) is 25.1 Å². The van der Waals surface area contributed by atoms with Gasteiger partial charge in [-0.15, -0.1) is 0 Å². The molecule has 0 bridgehead atoms. The third-order valence-corrected chi connectivity index (χ3v) is 2.49. The molecule has 0 saturated carbocycles. The van der Waals surface area contributed by atoms with Crippen LogP contribution in [0.4, 0.5) is 5.69 Å². The molecule has 12 heavy (non-hydrogen) atoms. The highest BCUT2D eigenvalue weighted by atomic mass is 15.2. The number of benzene rings is 1. The zero-order chi connectivity index (χ0) is 8.77. The van der Waals surface area contributed by atoms with Gasteiger partial charge < -0.3 is 5.32 Å². The van der Waals surface area contributed by atoms with E-state index in [1.807, 2.05) is 25.1 Å². The minimum atomic E-state index is -0.788. The molecule has 3 heteroatoms. The molecule has 0 aliphatic carbocycles. The number of anilines is 1. The molecule has 1 aromatic rings. The summed E-state index contributed by atoms with van der Waals surface area (Å²) >= 11 is 0. The predicted molar refractivity (Wildman–Crippen MR) is 49.6 cm³/mol. The lowest BCUT2D eigenvalue weighted by atomic mass is 9.99. The molecule has 5 N–H and O–H groups in total. The van der Waals surface area contributed by atoms with Crippen LogP contribution in [0, 0.1) is 0 Å². The summed E-state index contributed by atoms with van der Waals surface area (Å²) in [5, 5.41) is 3.08. The van der Waals surface area contributed by atoms with Crippen LogP contribution in [0.25, 0.3) is 0 Å². The summed E-state index contributed by atoms with van der Waals surface area (Å²) in [5.74, 6) is -0.627. The van der Waals surface area contributed by atoms with E-state index in [4.69, 9.17) is 11.5 Å². The molecule has 0 radical (unpaired) electrons. The third kappa shape index (κ3) is 0.906. The van der Waals surface area contributed by atoms with Crippen molar-refractivity contribution in [2.24, 2.45) is 11.5 Å². The largest absolute Gasteiger partial charge is 0.355 e. The molecule has 0 saturated heterocycles.